The number of nitrogens with zero attached hydrogens (tertiary/aromatic N) is 3. The van der Waals surface area contributed by atoms with Gasteiger partial charge in [-0.05, 0) is 54.5 Å². The third-order valence-corrected chi connectivity index (χ3v) is 8.40. The molecule has 31 heavy (non-hydrogen) atoms. The average molecular weight is 430 g/mol. The van der Waals surface area contributed by atoms with E-state index in [1.54, 1.807) is 21.7 Å². The molecule has 2 aromatic heterocycles. The van der Waals surface area contributed by atoms with Crippen LogP contribution in [0.5, 0.6) is 0 Å². The van der Waals surface area contributed by atoms with Gasteiger partial charge in [0.05, 0.1) is 31.6 Å². The van der Waals surface area contributed by atoms with E-state index in [0.717, 1.165) is 32.7 Å². The summed E-state index contributed by atoms with van der Waals surface area (Å²) in [6.45, 7) is 7.80. The van der Waals surface area contributed by atoms with Crippen molar-refractivity contribution in [1.82, 2.24) is 9.97 Å². The summed E-state index contributed by atoms with van der Waals surface area (Å²) in [7, 11) is 0. The van der Waals surface area contributed by atoms with Gasteiger partial charge in [0.25, 0.3) is 0 Å². The summed E-state index contributed by atoms with van der Waals surface area (Å²) in [6, 6.07) is 13.4. The fourth-order valence-corrected chi connectivity index (χ4v) is 6.68. The largest absolute Gasteiger partial charge is 0.345 e. The highest BCUT2D eigenvalue weighted by Crippen LogP contribution is 2.39. The molecule has 1 aliphatic heterocycles. The molecule has 1 aliphatic carbocycles. The molecule has 6 rings (SSSR count). The van der Waals surface area contributed by atoms with Gasteiger partial charge in [0.2, 0.25) is 0 Å². The SMILES string of the molecule is Cc1ccc2ccccc2c1C[NH+]1CCN(c2ncnc3sc4c(c23)CCCC4)CC1. The van der Waals surface area contributed by atoms with Crippen LogP contribution in [0.3, 0.4) is 0 Å². The zero-order chi connectivity index (χ0) is 20.8. The maximum Gasteiger partial charge on any atom is 0.141 e. The second-order valence-corrected chi connectivity index (χ2v) is 10.2. The molecule has 1 fully saturated rings. The predicted octanol–water partition coefficient (Wildman–Crippen LogP) is 3.94. The summed E-state index contributed by atoms with van der Waals surface area (Å²) in [5.74, 6) is 1.18. The Bertz CT molecular complexity index is 1250. The van der Waals surface area contributed by atoms with Gasteiger partial charge in [0.15, 0.2) is 0 Å². The van der Waals surface area contributed by atoms with Crippen LogP contribution in [0, 0.1) is 6.92 Å². The third-order valence-electron chi connectivity index (χ3n) is 7.20. The summed E-state index contributed by atoms with van der Waals surface area (Å²) in [6.07, 6.45) is 6.81. The van der Waals surface area contributed by atoms with Gasteiger partial charge in [-0.3, -0.25) is 0 Å². The number of piperazine rings is 1. The zero-order valence-corrected chi connectivity index (χ0v) is 19.0. The Kier molecular flexibility index (Phi) is 4.88. The van der Waals surface area contributed by atoms with Gasteiger partial charge < -0.3 is 9.80 Å². The molecule has 5 heteroatoms. The standard InChI is InChI=1S/C26H28N4S/c1-18-10-11-19-6-2-3-7-20(19)22(18)16-29-12-14-30(15-13-29)25-24-21-8-4-5-9-23(21)31-26(24)28-17-27-25/h2-3,6-7,10-11,17H,4-5,8-9,12-16H2,1H3/p+1. The van der Waals surface area contributed by atoms with Crippen LogP contribution >= 0.6 is 11.3 Å². The van der Waals surface area contributed by atoms with Crippen molar-refractivity contribution < 1.29 is 4.90 Å². The van der Waals surface area contributed by atoms with E-state index in [-0.39, 0.29) is 0 Å². The number of nitrogens with one attached hydrogen (secondary N) is 1. The number of quaternary nitrogens is 1. The van der Waals surface area contributed by atoms with Gasteiger partial charge in [0.1, 0.15) is 23.5 Å². The summed E-state index contributed by atoms with van der Waals surface area (Å²) < 4.78 is 0. The van der Waals surface area contributed by atoms with E-state index in [0.29, 0.717) is 0 Å². The van der Waals surface area contributed by atoms with E-state index < -0.39 is 0 Å². The number of hydrogen-bond acceptors (Lipinski definition) is 4. The number of rotatable bonds is 3. The Hall–Kier alpha value is -2.50. The molecule has 0 bridgehead atoms. The summed E-state index contributed by atoms with van der Waals surface area (Å²) in [4.78, 5) is 16.4. The molecule has 3 heterocycles. The second-order valence-electron chi connectivity index (χ2n) is 9.08. The molecule has 1 N–H and O–H groups in total. The van der Waals surface area contributed by atoms with Crippen molar-refractivity contribution in [2.24, 2.45) is 0 Å². The number of hydrogen-bond donors (Lipinski definition) is 1. The van der Waals surface area contributed by atoms with E-state index in [4.69, 9.17) is 4.98 Å². The van der Waals surface area contributed by atoms with Crippen LogP contribution in [0.25, 0.3) is 21.0 Å². The Morgan fingerprint density at radius 1 is 1.00 bits per heavy atom. The van der Waals surface area contributed by atoms with Gasteiger partial charge in [0, 0.05) is 10.4 Å². The normalized spacial score (nSPS) is 17.4. The lowest BCUT2D eigenvalue weighted by Crippen LogP contribution is -3.13. The molecule has 4 aromatic rings. The predicted molar refractivity (Wildman–Crippen MR) is 129 cm³/mol. The number of aryl methyl sites for hydroxylation is 3. The molecular weight excluding hydrogens is 400 g/mol. The Morgan fingerprint density at radius 3 is 2.74 bits per heavy atom. The number of benzene rings is 2. The molecule has 158 valence electrons. The van der Waals surface area contributed by atoms with Crippen LogP contribution in [-0.4, -0.2) is 36.1 Å². The number of anilines is 1. The van der Waals surface area contributed by atoms with Crippen LogP contribution in [-0.2, 0) is 19.4 Å². The van der Waals surface area contributed by atoms with E-state index in [1.807, 2.05) is 11.3 Å². The Morgan fingerprint density at radius 2 is 1.84 bits per heavy atom. The maximum atomic E-state index is 4.79. The van der Waals surface area contributed by atoms with Crippen LogP contribution in [0.1, 0.15) is 34.4 Å². The smallest absolute Gasteiger partial charge is 0.141 e. The minimum absolute atomic E-state index is 1.07. The topological polar surface area (TPSA) is 33.5 Å². The first kappa shape index (κ1) is 19.2. The Labute approximate surface area is 187 Å². The molecule has 0 radical (unpaired) electrons. The zero-order valence-electron chi connectivity index (χ0n) is 18.2. The lowest BCUT2D eigenvalue weighted by molar-refractivity contribution is -0.914. The monoisotopic (exact) mass is 429 g/mol. The van der Waals surface area contributed by atoms with Gasteiger partial charge >= 0.3 is 0 Å². The van der Waals surface area contributed by atoms with Crippen LogP contribution < -0.4 is 9.80 Å². The third kappa shape index (κ3) is 3.40. The molecule has 4 nitrogen and oxygen atoms in total. The fourth-order valence-electron chi connectivity index (χ4n) is 5.45. The van der Waals surface area contributed by atoms with Gasteiger partial charge in [-0.15, -0.1) is 11.3 Å². The van der Waals surface area contributed by atoms with E-state index in [1.165, 1.54) is 63.6 Å². The minimum Gasteiger partial charge on any atom is -0.345 e. The summed E-state index contributed by atoms with van der Waals surface area (Å²) >= 11 is 1.90. The van der Waals surface area contributed by atoms with Crippen molar-refractivity contribution in [3.05, 3.63) is 64.3 Å². The molecule has 0 spiro atoms. The van der Waals surface area contributed by atoms with Crippen LogP contribution in [0.2, 0.25) is 0 Å². The summed E-state index contributed by atoms with van der Waals surface area (Å²) in [5.41, 5.74) is 4.47. The Balaban J connectivity index is 1.24. The van der Waals surface area contributed by atoms with Gasteiger partial charge in [-0.2, -0.15) is 0 Å². The lowest BCUT2D eigenvalue weighted by atomic mass is 9.97. The lowest BCUT2D eigenvalue weighted by Gasteiger charge is -2.33. The number of aromatic nitrogens is 2. The van der Waals surface area contributed by atoms with Crippen LogP contribution in [0.15, 0.2) is 42.7 Å². The fraction of sp³-hybridized carbons (Fsp3) is 0.385. The van der Waals surface area contributed by atoms with Crippen molar-refractivity contribution >= 4 is 38.1 Å². The molecule has 0 amide bonds. The quantitative estimate of drug-likeness (QED) is 0.536. The first-order chi connectivity index (χ1) is 15.3. The molecule has 2 aromatic carbocycles. The van der Waals surface area contributed by atoms with E-state index in [9.17, 15) is 0 Å². The van der Waals surface area contributed by atoms with E-state index in [2.05, 4.69) is 53.2 Å². The molecule has 0 atom stereocenters. The van der Waals surface area contributed by atoms with Gasteiger partial charge in [-0.1, -0.05) is 36.4 Å². The molecular formula is C26H29N4S+. The number of thiophene rings is 1. The average Bonchev–Trinajstić information content (AvgIpc) is 3.20. The summed E-state index contributed by atoms with van der Waals surface area (Å²) in [5, 5.41) is 4.13. The minimum atomic E-state index is 1.07. The first-order valence-electron chi connectivity index (χ1n) is 11.6. The van der Waals surface area contributed by atoms with Crippen molar-refractivity contribution in [3.63, 3.8) is 0 Å². The van der Waals surface area contributed by atoms with Crippen molar-refractivity contribution in [2.45, 2.75) is 39.2 Å². The van der Waals surface area contributed by atoms with Crippen LogP contribution in [0.4, 0.5) is 5.82 Å². The second kappa shape index (κ2) is 7.88. The molecule has 0 unspecified atom stereocenters. The highest BCUT2D eigenvalue weighted by molar-refractivity contribution is 7.19. The van der Waals surface area contributed by atoms with E-state index >= 15 is 0 Å². The number of fused-ring (bicyclic) bond motifs is 4. The van der Waals surface area contributed by atoms with Crippen molar-refractivity contribution in [1.29, 1.82) is 0 Å². The first-order valence-corrected chi connectivity index (χ1v) is 12.4. The van der Waals surface area contributed by atoms with Crippen molar-refractivity contribution in [2.75, 3.05) is 31.1 Å². The molecule has 0 saturated carbocycles. The highest BCUT2D eigenvalue weighted by Gasteiger charge is 2.27. The van der Waals surface area contributed by atoms with Gasteiger partial charge in [-0.25, -0.2) is 9.97 Å². The molecule has 1 saturated heterocycles. The molecule has 2 aliphatic rings. The van der Waals surface area contributed by atoms with Crippen molar-refractivity contribution in [3.8, 4) is 0 Å². The highest BCUT2D eigenvalue weighted by atomic mass is 32.1. The maximum absolute atomic E-state index is 4.79.